The molecule has 0 saturated heterocycles. The van der Waals surface area contributed by atoms with Gasteiger partial charge in [0.25, 0.3) is 0 Å². The van der Waals surface area contributed by atoms with Crippen LogP contribution >= 0.6 is 0 Å². The monoisotopic (exact) mass is 257 g/mol. The first-order chi connectivity index (χ1) is 8.74. The molecule has 0 heterocycles. The Kier molecular flexibility index (Phi) is 4.74. The summed E-state index contributed by atoms with van der Waals surface area (Å²) in [5, 5.41) is 0. The minimum atomic E-state index is 0.0682. The number of carbonyl (C=O) groups is 1. The molecule has 0 saturated carbocycles. The smallest absolute Gasteiger partial charge is 0.223 e. The largest absolute Gasteiger partial charge is 0.312 e. The average Bonchev–Trinajstić information content (AvgIpc) is 2.34. The van der Waals surface area contributed by atoms with Crippen LogP contribution in [0.15, 0.2) is 36.6 Å². The highest BCUT2D eigenvalue weighted by molar-refractivity contribution is 5.91. The van der Waals surface area contributed by atoms with Gasteiger partial charge >= 0.3 is 0 Å². The van der Waals surface area contributed by atoms with Crippen molar-refractivity contribution in [2.24, 2.45) is 5.41 Å². The fraction of sp³-hybridized carbons (Fsp3) is 0.412. The van der Waals surface area contributed by atoms with Gasteiger partial charge in [0.15, 0.2) is 0 Å². The highest BCUT2D eigenvalue weighted by Crippen LogP contribution is 2.23. The summed E-state index contributed by atoms with van der Waals surface area (Å²) in [6.45, 7) is 14.3. The normalized spacial score (nSPS) is 10.8. The minimum Gasteiger partial charge on any atom is -0.312 e. The van der Waals surface area contributed by atoms with Crippen molar-refractivity contribution >= 4 is 17.2 Å². The van der Waals surface area contributed by atoms with Crippen molar-refractivity contribution < 1.29 is 4.79 Å². The third kappa shape index (κ3) is 4.42. The Morgan fingerprint density at radius 2 is 1.74 bits per heavy atom. The minimum absolute atomic E-state index is 0.0682. The summed E-state index contributed by atoms with van der Waals surface area (Å²) in [6, 6.07) is 7.95. The van der Waals surface area contributed by atoms with E-state index in [0.717, 1.165) is 16.8 Å². The number of amides is 1. The molecule has 19 heavy (non-hydrogen) atoms. The van der Waals surface area contributed by atoms with Gasteiger partial charge in [-0.25, -0.2) is 0 Å². The lowest BCUT2D eigenvalue weighted by Gasteiger charge is -2.29. The lowest BCUT2D eigenvalue weighted by molar-refractivity contribution is -0.116. The number of nitrogens with zero attached hydrogens (tertiary/aromatic N) is 1. The Morgan fingerprint density at radius 3 is 2.11 bits per heavy atom. The molecule has 0 aliphatic carbocycles. The summed E-state index contributed by atoms with van der Waals surface area (Å²) in [5.74, 6) is 0.0682. The number of allylic oxidation sites excluding steroid dienone is 1. The molecule has 0 aromatic heterocycles. The predicted octanol–water partition coefficient (Wildman–Crippen LogP) is 4.27. The highest BCUT2D eigenvalue weighted by atomic mass is 16.2. The van der Waals surface area contributed by atoms with E-state index in [9.17, 15) is 4.79 Å². The van der Waals surface area contributed by atoms with Crippen LogP contribution in [0, 0.1) is 5.41 Å². The molecule has 0 aliphatic rings. The molecule has 0 aliphatic heterocycles. The zero-order chi connectivity index (χ0) is 14.6. The van der Waals surface area contributed by atoms with E-state index in [2.05, 4.69) is 33.1 Å². The van der Waals surface area contributed by atoms with Gasteiger partial charge in [0.1, 0.15) is 0 Å². The van der Waals surface area contributed by atoms with Crippen molar-refractivity contribution in [2.45, 2.75) is 34.6 Å². The first kappa shape index (κ1) is 15.3. The van der Waals surface area contributed by atoms with Crippen LogP contribution in [0.5, 0.6) is 0 Å². The molecule has 1 aromatic carbocycles. The Morgan fingerprint density at radius 1 is 1.21 bits per heavy atom. The quantitative estimate of drug-likeness (QED) is 0.740. The molecule has 2 heteroatoms. The second-order valence-corrected chi connectivity index (χ2v) is 6.01. The summed E-state index contributed by atoms with van der Waals surface area (Å²) in [4.78, 5) is 13.6. The fourth-order valence-corrected chi connectivity index (χ4v) is 1.85. The van der Waals surface area contributed by atoms with E-state index in [-0.39, 0.29) is 11.3 Å². The zero-order valence-electron chi connectivity index (χ0n) is 12.6. The maximum absolute atomic E-state index is 11.8. The Balaban J connectivity index is 3.05. The molecular weight excluding hydrogens is 234 g/mol. The van der Waals surface area contributed by atoms with Crippen molar-refractivity contribution in [1.82, 2.24) is 0 Å². The molecule has 0 unspecified atom stereocenters. The van der Waals surface area contributed by atoms with Gasteiger partial charge in [-0.3, -0.25) is 4.79 Å². The second kappa shape index (κ2) is 5.90. The summed E-state index contributed by atoms with van der Waals surface area (Å²) in [7, 11) is 0. The van der Waals surface area contributed by atoms with E-state index in [0.29, 0.717) is 6.54 Å². The van der Waals surface area contributed by atoms with Gasteiger partial charge in [-0.2, -0.15) is 0 Å². The van der Waals surface area contributed by atoms with E-state index >= 15 is 0 Å². The van der Waals surface area contributed by atoms with E-state index in [4.69, 9.17) is 0 Å². The van der Waals surface area contributed by atoms with Crippen molar-refractivity contribution in [3.8, 4) is 0 Å². The van der Waals surface area contributed by atoms with E-state index in [1.54, 1.807) is 6.92 Å². The molecular formula is C17H23NO. The van der Waals surface area contributed by atoms with E-state index in [1.165, 1.54) is 0 Å². The summed E-state index contributed by atoms with van der Waals surface area (Å²) in [5.41, 5.74) is 5.97. The van der Waals surface area contributed by atoms with Crippen LogP contribution in [0.2, 0.25) is 0 Å². The van der Waals surface area contributed by atoms with Crippen LogP contribution < -0.4 is 4.90 Å². The number of carbonyl (C=O) groups excluding carboxylic acids is 1. The third-order valence-electron chi connectivity index (χ3n) is 2.89. The zero-order valence-corrected chi connectivity index (χ0v) is 12.6. The highest BCUT2D eigenvalue weighted by Gasteiger charge is 2.19. The van der Waals surface area contributed by atoms with Crippen molar-refractivity contribution in [3.05, 3.63) is 42.1 Å². The SMILES string of the molecule is C=C=C(C)c1ccc(N(CC(C)(C)C)C(C)=O)cc1. The molecule has 2 nitrogen and oxygen atoms in total. The number of benzene rings is 1. The number of hydrogen-bond donors (Lipinski definition) is 0. The van der Waals surface area contributed by atoms with Crippen molar-refractivity contribution in [3.63, 3.8) is 0 Å². The van der Waals surface area contributed by atoms with E-state index < -0.39 is 0 Å². The number of hydrogen-bond acceptors (Lipinski definition) is 1. The molecule has 0 radical (unpaired) electrons. The molecule has 1 rings (SSSR count). The molecule has 0 bridgehead atoms. The summed E-state index contributed by atoms with van der Waals surface area (Å²) >= 11 is 0. The molecule has 0 spiro atoms. The molecule has 1 aromatic rings. The maximum Gasteiger partial charge on any atom is 0.223 e. The predicted molar refractivity (Wildman–Crippen MR) is 82.1 cm³/mol. The van der Waals surface area contributed by atoms with Crippen LogP contribution in [0.3, 0.4) is 0 Å². The van der Waals surface area contributed by atoms with Crippen molar-refractivity contribution in [1.29, 1.82) is 0 Å². The first-order valence-electron chi connectivity index (χ1n) is 6.50. The van der Waals surface area contributed by atoms with Crippen molar-refractivity contribution in [2.75, 3.05) is 11.4 Å². The van der Waals surface area contributed by atoms with Crippen LogP contribution in [0.1, 0.15) is 40.2 Å². The Labute approximate surface area is 116 Å². The van der Waals surface area contributed by atoms with E-state index in [1.807, 2.05) is 36.1 Å². The molecule has 1 amide bonds. The topological polar surface area (TPSA) is 20.3 Å². The van der Waals surface area contributed by atoms with Crippen LogP contribution in [0.4, 0.5) is 5.69 Å². The maximum atomic E-state index is 11.8. The van der Waals surface area contributed by atoms with Gasteiger partial charge < -0.3 is 4.90 Å². The molecule has 0 N–H and O–H groups in total. The fourth-order valence-electron chi connectivity index (χ4n) is 1.85. The van der Waals surface area contributed by atoms with Gasteiger partial charge in [0, 0.05) is 19.2 Å². The number of rotatable bonds is 3. The van der Waals surface area contributed by atoms with Crippen LogP contribution in [0.25, 0.3) is 5.57 Å². The standard InChI is InChI=1S/C17H23NO/c1-7-13(2)15-8-10-16(11-9-15)18(14(3)19)12-17(4,5)6/h8-11H,1,12H2,2-6H3. The van der Waals surface area contributed by atoms with Gasteiger partial charge in [-0.15, -0.1) is 5.73 Å². The Hall–Kier alpha value is -1.79. The third-order valence-corrected chi connectivity index (χ3v) is 2.89. The average molecular weight is 257 g/mol. The van der Waals surface area contributed by atoms with Crippen LogP contribution in [-0.2, 0) is 4.79 Å². The summed E-state index contributed by atoms with van der Waals surface area (Å²) < 4.78 is 0. The molecule has 102 valence electrons. The number of anilines is 1. The lowest BCUT2D eigenvalue weighted by atomic mass is 9.95. The van der Waals surface area contributed by atoms with Crippen LogP contribution in [-0.4, -0.2) is 12.5 Å². The molecule has 0 fully saturated rings. The van der Waals surface area contributed by atoms with Gasteiger partial charge in [-0.05, 0) is 35.6 Å². The first-order valence-corrected chi connectivity index (χ1v) is 6.50. The Bertz CT molecular complexity index is 499. The molecule has 0 atom stereocenters. The van der Waals surface area contributed by atoms with Gasteiger partial charge in [0.05, 0.1) is 0 Å². The van der Waals surface area contributed by atoms with Gasteiger partial charge in [-0.1, -0.05) is 39.5 Å². The second-order valence-electron chi connectivity index (χ2n) is 6.01. The lowest BCUT2D eigenvalue weighted by Crippen LogP contribution is -2.36. The van der Waals surface area contributed by atoms with Gasteiger partial charge in [0.2, 0.25) is 5.91 Å². The summed E-state index contributed by atoms with van der Waals surface area (Å²) in [6.07, 6.45) is 0.